The van der Waals surface area contributed by atoms with E-state index < -0.39 is 12.3 Å². The number of hydrogen-bond acceptors (Lipinski definition) is 8. The maximum atomic E-state index is 12.7. The number of hydrogen-bond donors (Lipinski definition) is 1. The number of unbranched alkanes of at least 4 members (excludes halogenated alkanes) is 1. The summed E-state index contributed by atoms with van der Waals surface area (Å²) in [6.45, 7) is 2.93. The summed E-state index contributed by atoms with van der Waals surface area (Å²) in [4.78, 5) is 31.4. The Bertz CT molecular complexity index is 977. The molecule has 3 aromatic rings. The molecule has 152 valence electrons. The third kappa shape index (κ3) is 4.06. The molecule has 0 unspecified atom stereocenters. The number of carbonyl (C=O) groups excluding carboxylic acids is 1. The van der Waals surface area contributed by atoms with Gasteiger partial charge in [-0.05, 0) is 12.0 Å². The molecule has 0 bridgehead atoms. The van der Waals surface area contributed by atoms with Crippen molar-refractivity contribution < 1.29 is 14.4 Å². The lowest BCUT2D eigenvalue weighted by atomic mass is 10.1. The second kappa shape index (κ2) is 8.54. The summed E-state index contributed by atoms with van der Waals surface area (Å²) in [5, 5.41) is 1.69. The van der Waals surface area contributed by atoms with Gasteiger partial charge in [0.05, 0.1) is 19.5 Å². The van der Waals surface area contributed by atoms with Crippen LogP contribution in [0.25, 0.3) is 11.2 Å². The van der Waals surface area contributed by atoms with Crippen LogP contribution in [0.4, 0.5) is 5.82 Å². The normalized spacial score (nSPS) is 19.6. The summed E-state index contributed by atoms with van der Waals surface area (Å²) >= 11 is 0. The predicted octanol–water partition coefficient (Wildman–Crippen LogP) is 2.46. The van der Waals surface area contributed by atoms with Crippen molar-refractivity contribution in [3.63, 3.8) is 0 Å². The van der Waals surface area contributed by atoms with Crippen molar-refractivity contribution >= 4 is 23.0 Å². The summed E-state index contributed by atoms with van der Waals surface area (Å²) in [5.41, 5.74) is 8.02. The van der Waals surface area contributed by atoms with E-state index in [1.807, 2.05) is 30.3 Å². The Balaban J connectivity index is 1.58. The van der Waals surface area contributed by atoms with E-state index in [1.165, 1.54) is 6.33 Å². The molecule has 9 nitrogen and oxygen atoms in total. The number of nitrogen functional groups attached to an aromatic ring is 1. The molecule has 1 saturated heterocycles. The molecular weight excluding hydrogens is 372 g/mol. The third-order valence-electron chi connectivity index (χ3n) is 4.92. The van der Waals surface area contributed by atoms with Crippen LogP contribution in [0.1, 0.15) is 38.0 Å². The second-order valence-electron chi connectivity index (χ2n) is 6.98. The number of rotatable bonds is 7. The van der Waals surface area contributed by atoms with Gasteiger partial charge >= 0.3 is 5.97 Å². The zero-order chi connectivity index (χ0) is 20.2. The minimum Gasteiger partial charge on any atom is -0.464 e. The minimum atomic E-state index is -0.520. The lowest BCUT2D eigenvalue weighted by Crippen LogP contribution is -2.36. The first-order valence-electron chi connectivity index (χ1n) is 9.74. The van der Waals surface area contributed by atoms with Gasteiger partial charge in [-0.15, -0.1) is 0 Å². The summed E-state index contributed by atoms with van der Waals surface area (Å²) in [7, 11) is 0. The van der Waals surface area contributed by atoms with Crippen LogP contribution in [0.2, 0.25) is 0 Å². The van der Waals surface area contributed by atoms with Crippen molar-refractivity contribution in [3.8, 4) is 0 Å². The molecule has 2 atom stereocenters. The van der Waals surface area contributed by atoms with Gasteiger partial charge in [0.1, 0.15) is 17.9 Å². The number of imidazole rings is 1. The zero-order valence-corrected chi connectivity index (χ0v) is 16.3. The molecule has 9 heteroatoms. The number of nitrogens with zero attached hydrogens (tertiary/aromatic N) is 5. The number of fused-ring (bicyclic) bond motifs is 1. The van der Waals surface area contributed by atoms with Gasteiger partial charge in [0.15, 0.2) is 17.7 Å². The summed E-state index contributed by atoms with van der Waals surface area (Å²) in [5.74, 6) is 0.0267. The maximum Gasteiger partial charge on any atom is 0.325 e. The fourth-order valence-electron chi connectivity index (χ4n) is 3.36. The zero-order valence-electron chi connectivity index (χ0n) is 16.3. The number of hydroxylamine groups is 2. The van der Waals surface area contributed by atoms with E-state index in [1.54, 1.807) is 16.0 Å². The van der Waals surface area contributed by atoms with Crippen molar-refractivity contribution in [1.29, 1.82) is 0 Å². The van der Waals surface area contributed by atoms with Crippen molar-refractivity contribution in [3.05, 3.63) is 48.5 Å². The molecule has 3 heterocycles. The van der Waals surface area contributed by atoms with Crippen LogP contribution in [-0.4, -0.2) is 43.2 Å². The Labute approximate surface area is 168 Å². The van der Waals surface area contributed by atoms with E-state index in [0.29, 0.717) is 36.6 Å². The van der Waals surface area contributed by atoms with Crippen LogP contribution >= 0.6 is 0 Å². The van der Waals surface area contributed by atoms with Crippen LogP contribution < -0.4 is 5.73 Å². The van der Waals surface area contributed by atoms with Crippen molar-refractivity contribution in [1.82, 2.24) is 24.6 Å². The monoisotopic (exact) mass is 396 g/mol. The number of aromatic nitrogens is 4. The van der Waals surface area contributed by atoms with E-state index in [2.05, 4.69) is 21.9 Å². The van der Waals surface area contributed by atoms with Gasteiger partial charge in [-0.1, -0.05) is 43.7 Å². The highest BCUT2D eigenvalue weighted by Gasteiger charge is 2.40. The summed E-state index contributed by atoms with van der Waals surface area (Å²) < 4.78 is 7.26. The highest BCUT2D eigenvalue weighted by atomic mass is 16.7. The molecule has 1 fully saturated rings. The molecule has 0 saturated carbocycles. The molecule has 1 aliphatic heterocycles. The number of benzene rings is 1. The lowest BCUT2D eigenvalue weighted by Gasteiger charge is -2.21. The van der Waals surface area contributed by atoms with Gasteiger partial charge < -0.3 is 10.5 Å². The molecule has 0 spiro atoms. The molecule has 1 aromatic carbocycles. The van der Waals surface area contributed by atoms with Crippen LogP contribution in [0, 0.1) is 0 Å². The fraction of sp³-hybridized carbons (Fsp3) is 0.400. The Morgan fingerprint density at radius 3 is 2.90 bits per heavy atom. The lowest BCUT2D eigenvalue weighted by molar-refractivity contribution is -0.198. The van der Waals surface area contributed by atoms with Crippen molar-refractivity contribution in [2.75, 3.05) is 12.3 Å². The first kappa shape index (κ1) is 19.3. The Morgan fingerprint density at radius 2 is 2.10 bits per heavy atom. The molecule has 29 heavy (non-hydrogen) atoms. The molecule has 2 aromatic heterocycles. The number of esters is 1. The standard InChI is InChI=1S/C20H24N6O3/c1-2-3-9-28-20(27)15-10-16(29-26(15)11-14-7-5-4-6-8-14)25-13-24-17-18(21)22-12-23-19(17)25/h4-8,12-13,15-16H,2-3,9-11H2,1H3,(H2,21,22,23)/t15-,16-/m1/s1. The Morgan fingerprint density at radius 1 is 1.28 bits per heavy atom. The Hall–Kier alpha value is -3.04. The molecule has 1 aliphatic rings. The largest absolute Gasteiger partial charge is 0.464 e. The van der Waals surface area contributed by atoms with E-state index in [-0.39, 0.29) is 5.97 Å². The summed E-state index contributed by atoms with van der Waals surface area (Å²) in [6, 6.07) is 9.35. The van der Waals surface area contributed by atoms with E-state index in [9.17, 15) is 4.79 Å². The van der Waals surface area contributed by atoms with Crippen LogP contribution in [0.5, 0.6) is 0 Å². The van der Waals surface area contributed by atoms with E-state index in [0.717, 1.165) is 18.4 Å². The molecular formula is C20H24N6O3. The fourth-order valence-corrected chi connectivity index (χ4v) is 3.36. The highest BCUT2D eigenvalue weighted by molar-refractivity contribution is 5.81. The van der Waals surface area contributed by atoms with Crippen LogP contribution in [-0.2, 0) is 20.9 Å². The average Bonchev–Trinajstić information content (AvgIpc) is 3.34. The third-order valence-corrected chi connectivity index (χ3v) is 4.92. The molecule has 0 amide bonds. The van der Waals surface area contributed by atoms with Crippen molar-refractivity contribution in [2.24, 2.45) is 0 Å². The number of carbonyl (C=O) groups is 1. The number of anilines is 1. The Kier molecular flexibility index (Phi) is 5.68. The molecule has 4 rings (SSSR count). The van der Waals surface area contributed by atoms with Crippen LogP contribution in [0.15, 0.2) is 43.0 Å². The number of nitrogens with two attached hydrogens (primary N) is 1. The second-order valence-corrected chi connectivity index (χ2v) is 6.98. The SMILES string of the molecule is CCCCOC(=O)[C@H]1C[C@H](n2cnc3c(N)ncnc32)ON1Cc1ccccc1. The first-order chi connectivity index (χ1) is 14.2. The van der Waals surface area contributed by atoms with Gasteiger partial charge in [0.25, 0.3) is 0 Å². The van der Waals surface area contributed by atoms with Crippen LogP contribution in [0.3, 0.4) is 0 Å². The van der Waals surface area contributed by atoms with E-state index in [4.69, 9.17) is 15.3 Å². The van der Waals surface area contributed by atoms with Gasteiger partial charge in [0, 0.05) is 6.42 Å². The minimum absolute atomic E-state index is 0.282. The van der Waals surface area contributed by atoms with Gasteiger partial charge in [-0.25, -0.2) is 15.0 Å². The quantitative estimate of drug-likeness (QED) is 0.479. The average molecular weight is 396 g/mol. The highest BCUT2D eigenvalue weighted by Crippen LogP contribution is 2.33. The van der Waals surface area contributed by atoms with E-state index >= 15 is 0 Å². The molecule has 2 N–H and O–H groups in total. The van der Waals surface area contributed by atoms with Crippen molar-refractivity contribution in [2.45, 2.75) is 45.0 Å². The molecule has 0 radical (unpaired) electrons. The predicted molar refractivity (Wildman–Crippen MR) is 106 cm³/mol. The first-order valence-corrected chi connectivity index (χ1v) is 9.74. The van der Waals surface area contributed by atoms with Gasteiger partial charge in [-0.3, -0.25) is 14.2 Å². The van der Waals surface area contributed by atoms with Gasteiger partial charge in [-0.2, -0.15) is 5.06 Å². The number of ether oxygens (including phenoxy) is 1. The maximum absolute atomic E-state index is 12.7. The topological polar surface area (TPSA) is 108 Å². The summed E-state index contributed by atoms with van der Waals surface area (Å²) in [6.07, 6.45) is 4.79. The smallest absolute Gasteiger partial charge is 0.325 e. The molecule has 0 aliphatic carbocycles. The van der Waals surface area contributed by atoms with Gasteiger partial charge in [0.2, 0.25) is 0 Å².